The Balaban J connectivity index is 2.77. The number of rotatable bonds is 2. The van der Waals surface area contributed by atoms with Crippen LogP contribution >= 0.6 is 0 Å². The molecule has 0 aliphatic rings. The molecular formula is C10H11N3O2. The van der Waals surface area contributed by atoms with Crippen molar-refractivity contribution in [2.75, 3.05) is 7.11 Å². The van der Waals surface area contributed by atoms with Gasteiger partial charge in [-0.15, -0.1) is 0 Å². The van der Waals surface area contributed by atoms with Crippen LogP contribution in [-0.2, 0) is 7.05 Å². The molecule has 2 rings (SSSR count). The van der Waals surface area contributed by atoms with Crippen LogP contribution in [0, 0.1) is 0 Å². The van der Waals surface area contributed by atoms with Gasteiger partial charge in [-0.3, -0.25) is 9.48 Å². The number of nitrogens with two attached hydrogens (primary N) is 1. The third kappa shape index (κ3) is 1.41. The predicted octanol–water partition coefficient (Wildman–Crippen LogP) is 0.681. The van der Waals surface area contributed by atoms with Gasteiger partial charge >= 0.3 is 0 Å². The Hall–Kier alpha value is -2.04. The number of aromatic nitrogens is 2. The SMILES string of the molecule is COc1ccc2c(c1)c(C(N)=O)nn2C. The van der Waals surface area contributed by atoms with Gasteiger partial charge in [-0.1, -0.05) is 0 Å². The van der Waals surface area contributed by atoms with E-state index in [0.717, 1.165) is 5.52 Å². The van der Waals surface area contributed by atoms with E-state index in [-0.39, 0.29) is 5.69 Å². The molecule has 0 aliphatic carbocycles. The minimum absolute atomic E-state index is 0.270. The highest BCUT2D eigenvalue weighted by molar-refractivity contribution is 6.04. The van der Waals surface area contributed by atoms with Crippen LogP contribution in [0.15, 0.2) is 18.2 Å². The molecule has 2 N–H and O–H groups in total. The quantitative estimate of drug-likeness (QED) is 0.783. The standard InChI is InChI=1S/C10H11N3O2/c1-13-8-4-3-6(15-2)5-7(8)9(12-13)10(11)14/h3-5H,1-2H3,(H2,11,14). The van der Waals surface area contributed by atoms with Crippen LogP contribution < -0.4 is 10.5 Å². The topological polar surface area (TPSA) is 70.1 Å². The molecule has 1 heterocycles. The average molecular weight is 205 g/mol. The van der Waals surface area contributed by atoms with Crippen molar-refractivity contribution in [2.45, 2.75) is 0 Å². The summed E-state index contributed by atoms with van der Waals surface area (Å²) in [6.07, 6.45) is 0. The number of hydrogen-bond donors (Lipinski definition) is 1. The summed E-state index contributed by atoms with van der Waals surface area (Å²) in [5.41, 5.74) is 6.35. The summed E-state index contributed by atoms with van der Waals surface area (Å²) in [7, 11) is 3.34. The summed E-state index contributed by atoms with van der Waals surface area (Å²) < 4.78 is 6.70. The Morgan fingerprint density at radius 1 is 1.53 bits per heavy atom. The van der Waals surface area contributed by atoms with E-state index >= 15 is 0 Å². The van der Waals surface area contributed by atoms with Gasteiger partial charge in [-0.2, -0.15) is 5.10 Å². The first-order valence-electron chi connectivity index (χ1n) is 4.44. The van der Waals surface area contributed by atoms with E-state index < -0.39 is 5.91 Å². The number of amides is 1. The van der Waals surface area contributed by atoms with Gasteiger partial charge in [0.1, 0.15) is 5.75 Å². The lowest BCUT2D eigenvalue weighted by atomic mass is 10.2. The summed E-state index contributed by atoms with van der Waals surface area (Å²) in [4.78, 5) is 11.1. The highest BCUT2D eigenvalue weighted by Gasteiger charge is 2.13. The zero-order chi connectivity index (χ0) is 11.0. The summed E-state index contributed by atoms with van der Waals surface area (Å²) in [5, 5.41) is 4.76. The molecule has 78 valence electrons. The number of nitrogens with zero attached hydrogens (tertiary/aromatic N) is 2. The van der Waals surface area contributed by atoms with E-state index in [2.05, 4.69) is 5.10 Å². The van der Waals surface area contributed by atoms with Crippen LogP contribution in [0.2, 0.25) is 0 Å². The minimum atomic E-state index is -0.533. The van der Waals surface area contributed by atoms with Crippen LogP contribution in [-0.4, -0.2) is 22.8 Å². The predicted molar refractivity (Wildman–Crippen MR) is 55.8 cm³/mol. The number of methoxy groups -OCH3 is 1. The number of aryl methyl sites for hydroxylation is 1. The van der Waals surface area contributed by atoms with Crippen LogP contribution in [0.1, 0.15) is 10.5 Å². The van der Waals surface area contributed by atoms with Gasteiger partial charge in [0.05, 0.1) is 12.6 Å². The van der Waals surface area contributed by atoms with Crippen molar-refractivity contribution in [3.05, 3.63) is 23.9 Å². The number of primary amides is 1. The van der Waals surface area contributed by atoms with Gasteiger partial charge in [0.2, 0.25) is 0 Å². The number of ether oxygens (including phenoxy) is 1. The Morgan fingerprint density at radius 3 is 2.87 bits per heavy atom. The Kier molecular flexibility index (Phi) is 2.07. The van der Waals surface area contributed by atoms with E-state index in [1.807, 2.05) is 12.1 Å². The molecule has 0 spiro atoms. The molecule has 1 aromatic carbocycles. The zero-order valence-corrected chi connectivity index (χ0v) is 8.52. The molecule has 1 amide bonds. The van der Waals surface area contributed by atoms with Crippen molar-refractivity contribution in [1.29, 1.82) is 0 Å². The lowest BCUT2D eigenvalue weighted by Gasteiger charge is -1.99. The summed E-state index contributed by atoms with van der Waals surface area (Å²) in [5.74, 6) is 0.145. The molecular weight excluding hydrogens is 194 g/mol. The first kappa shape index (κ1) is 9.51. The normalized spacial score (nSPS) is 10.5. The maximum Gasteiger partial charge on any atom is 0.269 e. The van der Waals surface area contributed by atoms with Crippen LogP contribution in [0.25, 0.3) is 10.9 Å². The van der Waals surface area contributed by atoms with Gasteiger partial charge in [0.25, 0.3) is 5.91 Å². The second-order valence-electron chi connectivity index (χ2n) is 3.22. The first-order valence-corrected chi connectivity index (χ1v) is 4.44. The largest absolute Gasteiger partial charge is 0.497 e. The third-order valence-electron chi connectivity index (χ3n) is 2.29. The molecule has 0 saturated heterocycles. The molecule has 0 unspecified atom stereocenters. The van der Waals surface area contributed by atoms with E-state index in [9.17, 15) is 4.79 Å². The fraction of sp³-hybridized carbons (Fsp3) is 0.200. The highest BCUT2D eigenvalue weighted by atomic mass is 16.5. The van der Waals surface area contributed by atoms with Crippen molar-refractivity contribution < 1.29 is 9.53 Å². The monoisotopic (exact) mass is 205 g/mol. The van der Waals surface area contributed by atoms with Crippen molar-refractivity contribution >= 4 is 16.8 Å². The van der Waals surface area contributed by atoms with Crippen molar-refractivity contribution in [3.63, 3.8) is 0 Å². The third-order valence-corrected chi connectivity index (χ3v) is 2.29. The van der Waals surface area contributed by atoms with Gasteiger partial charge in [0.15, 0.2) is 5.69 Å². The number of carbonyl (C=O) groups is 1. The van der Waals surface area contributed by atoms with Crippen LogP contribution in [0.3, 0.4) is 0 Å². The molecule has 0 atom stereocenters. The second kappa shape index (κ2) is 3.27. The van der Waals surface area contributed by atoms with Gasteiger partial charge < -0.3 is 10.5 Å². The minimum Gasteiger partial charge on any atom is -0.497 e. The molecule has 2 aromatic rings. The molecule has 5 nitrogen and oxygen atoms in total. The van der Waals surface area contributed by atoms with E-state index in [1.54, 1.807) is 24.9 Å². The van der Waals surface area contributed by atoms with Crippen LogP contribution in [0.4, 0.5) is 0 Å². The van der Waals surface area contributed by atoms with E-state index in [1.165, 1.54) is 0 Å². The fourth-order valence-corrected chi connectivity index (χ4v) is 1.55. The highest BCUT2D eigenvalue weighted by Crippen LogP contribution is 2.22. The molecule has 0 saturated carbocycles. The smallest absolute Gasteiger partial charge is 0.269 e. The summed E-state index contributed by atoms with van der Waals surface area (Å²) in [6.45, 7) is 0. The number of carbonyl (C=O) groups excluding carboxylic acids is 1. The van der Waals surface area contributed by atoms with Crippen molar-refractivity contribution in [3.8, 4) is 5.75 Å². The summed E-state index contributed by atoms with van der Waals surface area (Å²) in [6, 6.07) is 5.41. The van der Waals surface area contributed by atoms with E-state index in [4.69, 9.17) is 10.5 Å². The first-order chi connectivity index (χ1) is 7.13. The molecule has 0 bridgehead atoms. The van der Waals surface area contributed by atoms with E-state index in [0.29, 0.717) is 11.1 Å². The molecule has 5 heteroatoms. The van der Waals surface area contributed by atoms with Gasteiger partial charge in [-0.25, -0.2) is 0 Å². The average Bonchev–Trinajstić information content (AvgIpc) is 2.56. The molecule has 15 heavy (non-hydrogen) atoms. The second-order valence-corrected chi connectivity index (χ2v) is 3.22. The van der Waals surface area contributed by atoms with Crippen molar-refractivity contribution in [2.24, 2.45) is 12.8 Å². The molecule has 0 radical (unpaired) electrons. The lowest BCUT2D eigenvalue weighted by molar-refractivity contribution is 0.0996. The summed E-state index contributed by atoms with van der Waals surface area (Å²) >= 11 is 0. The Bertz CT molecular complexity index is 531. The van der Waals surface area contributed by atoms with Gasteiger partial charge in [-0.05, 0) is 18.2 Å². The zero-order valence-electron chi connectivity index (χ0n) is 8.52. The fourth-order valence-electron chi connectivity index (χ4n) is 1.55. The molecule has 0 fully saturated rings. The maximum absolute atomic E-state index is 11.1. The molecule has 0 aliphatic heterocycles. The number of hydrogen-bond acceptors (Lipinski definition) is 3. The number of fused-ring (bicyclic) bond motifs is 1. The lowest BCUT2D eigenvalue weighted by Crippen LogP contribution is -2.12. The number of benzene rings is 1. The van der Waals surface area contributed by atoms with Gasteiger partial charge in [0, 0.05) is 12.4 Å². The maximum atomic E-state index is 11.1. The van der Waals surface area contributed by atoms with Crippen molar-refractivity contribution in [1.82, 2.24) is 9.78 Å². The van der Waals surface area contributed by atoms with Crippen LogP contribution in [0.5, 0.6) is 5.75 Å². The molecule has 1 aromatic heterocycles. The Labute approximate surface area is 86.4 Å². The Morgan fingerprint density at radius 2 is 2.27 bits per heavy atom.